The molecule has 2 aromatic heterocycles. The van der Waals surface area contributed by atoms with Gasteiger partial charge in [-0.15, -0.1) is 0 Å². The van der Waals surface area contributed by atoms with Crippen molar-refractivity contribution in [3.05, 3.63) is 54.1 Å². The summed E-state index contributed by atoms with van der Waals surface area (Å²) >= 11 is 0. The van der Waals surface area contributed by atoms with E-state index in [1.54, 1.807) is 58.3 Å². The molecule has 15 heteroatoms. The highest BCUT2D eigenvalue weighted by Gasteiger charge is 2.29. The van der Waals surface area contributed by atoms with Crippen LogP contribution in [-0.4, -0.2) is 55.2 Å². The van der Waals surface area contributed by atoms with Crippen molar-refractivity contribution in [1.29, 1.82) is 0 Å². The van der Waals surface area contributed by atoms with Gasteiger partial charge in [-0.1, -0.05) is 6.07 Å². The molecule has 0 spiro atoms. The zero-order chi connectivity index (χ0) is 30.0. The Hall–Kier alpha value is -4.00. The molecule has 13 nitrogen and oxygen atoms in total. The first-order valence-corrected chi connectivity index (χ1v) is 14.1. The Morgan fingerprint density at radius 2 is 1.59 bits per heavy atom. The third kappa shape index (κ3) is 9.85. The van der Waals surface area contributed by atoms with Crippen molar-refractivity contribution in [1.82, 2.24) is 9.97 Å². The van der Waals surface area contributed by atoms with Crippen LogP contribution < -0.4 is 10.1 Å². The number of ether oxygens (including phenoxy) is 5. The normalized spacial score (nSPS) is 11.4. The van der Waals surface area contributed by atoms with E-state index < -0.39 is 57.7 Å². The second kappa shape index (κ2) is 14.6. The molecule has 0 unspecified atom stereocenters. The third-order valence-electron chi connectivity index (χ3n) is 5.02. The number of nitrogens with zero attached hydrogens (tertiary/aromatic N) is 2. The van der Waals surface area contributed by atoms with E-state index in [1.807, 2.05) is 0 Å². The fraction of sp³-hybridized carbons (Fsp3) is 0.385. The van der Waals surface area contributed by atoms with Crippen molar-refractivity contribution in [3.8, 4) is 5.88 Å². The number of carbonyl (C=O) groups excluding carboxylic acids is 2. The minimum atomic E-state index is -4.23. The van der Waals surface area contributed by atoms with E-state index in [1.165, 1.54) is 19.2 Å². The minimum absolute atomic E-state index is 0.0422. The summed E-state index contributed by atoms with van der Waals surface area (Å²) in [4.78, 5) is 31.8. The van der Waals surface area contributed by atoms with Crippen LogP contribution in [0.4, 0.5) is 25.4 Å². The number of carbonyl (C=O) groups is 2. The lowest BCUT2D eigenvalue weighted by atomic mass is 10.2. The second-order valence-electron chi connectivity index (χ2n) is 8.92. The van der Waals surface area contributed by atoms with Crippen LogP contribution >= 0.6 is 7.60 Å². The van der Waals surface area contributed by atoms with Crippen molar-refractivity contribution in [2.75, 3.05) is 26.0 Å². The number of hydrogen-bond acceptors (Lipinski definition) is 13. The maximum atomic E-state index is 15.2. The first-order chi connectivity index (χ1) is 19.5. The molecule has 2 heterocycles. The number of benzene rings is 1. The summed E-state index contributed by atoms with van der Waals surface area (Å²) in [6, 6.07) is 7.49. The molecule has 0 aliphatic carbocycles. The lowest BCUT2D eigenvalue weighted by molar-refractivity contribution is -0.0304. The third-order valence-corrected chi connectivity index (χ3v) is 6.75. The lowest BCUT2D eigenvalue weighted by Crippen LogP contribution is -2.16. The number of methoxy groups -OCH3 is 1. The van der Waals surface area contributed by atoms with Gasteiger partial charge in [0.15, 0.2) is 0 Å². The Morgan fingerprint density at radius 3 is 2.15 bits per heavy atom. The summed E-state index contributed by atoms with van der Waals surface area (Å²) in [6.45, 7) is 4.78. The number of anilines is 2. The number of aromatic nitrogens is 2. The maximum Gasteiger partial charge on any atom is 0.510 e. The highest BCUT2D eigenvalue weighted by molar-refractivity contribution is 7.53. The smallest absolute Gasteiger partial charge is 0.481 e. The molecule has 0 bridgehead atoms. The van der Waals surface area contributed by atoms with Crippen LogP contribution in [0.5, 0.6) is 5.88 Å². The van der Waals surface area contributed by atoms with Crippen molar-refractivity contribution >= 4 is 42.2 Å². The molecule has 0 amide bonds. The minimum Gasteiger partial charge on any atom is -0.481 e. The molecular formula is C26H31FN3O10P. The maximum absolute atomic E-state index is 15.2. The molecule has 3 rings (SSSR count). The zero-order valence-electron chi connectivity index (χ0n) is 23.1. The fourth-order valence-corrected chi connectivity index (χ4v) is 4.61. The van der Waals surface area contributed by atoms with E-state index in [-0.39, 0.29) is 5.56 Å². The van der Waals surface area contributed by atoms with Crippen LogP contribution in [0.2, 0.25) is 0 Å². The number of hydrogen-bond donors (Lipinski definition) is 1. The van der Waals surface area contributed by atoms with E-state index in [4.69, 9.17) is 32.7 Å². The topological polar surface area (TPSA) is 154 Å². The molecule has 0 aliphatic rings. The summed E-state index contributed by atoms with van der Waals surface area (Å²) in [5.41, 5.74) is 1.57. The first kappa shape index (κ1) is 31.5. The molecule has 222 valence electrons. The Labute approximate surface area is 235 Å². The van der Waals surface area contributed by atoms with Crippen molar-refractivity contribution < 1.29 is 51.3 Å². The summed E-state index contributed by atoms with van der Waals surface area (Å²) < 4.78 is 63.1. The molecule has 1 N–H and O–H groups in total. The predicted octanol–water partition coefficient (Wildman–Crippen LogP) is 6.29. The van der Waals surface area contributed by atoms with Gasteiger partial charge < -0.3 is 29.0 Å². The summed E-state index contributed by atoms with van der Waals surface area (Å²) in [5, 5.41) is 3.78. The number of fused-ring (bicyclic) bond motifs is 1. The van der Waals surface area contributed by atoms with Gasteiger partial charge in [0.25, 0.3) is 0 Å². The van der Waals surface area contributed by atoms with Crippen LogP contribution in [-0.2, 0) is 38.7 Å². The predicted molar refractivity (Wildman–Crippen MR) is 144 cm³/mol. The zero-order valence-corrected chi connectivity index (χ0v) is 24.0. The largest absolute Gasteiger partial charge is 0.510 e. The van der Waals surface area contributed by atoms with E-state index >= 15 is 4.39 Å². The van der Waals surface area contributed by atoms with Crippen LogP contribution in [0.1, 0.15) is 33.3 Å². The van der Waals surface area contributed by atoms with Crippen molar-refractivity contribution in [3.63, 3.8) is 0 Å². The summed E-state index contributed by atoms with van der Waals surface area (Å²) in [6.07, 6.45) is -0.474. The Balaban J connectivity index is 1.73. The molecule has 0 saturated carbocycles. The van der Waals surface area contributed by atoms with Gasteiger partial charge in [0, 0.05) is 29.5 Å². The van der Waals surface area contributed by atoms with Gasteiger partial charge in [-0.2, -0.15) is 0 Å². The van der Waals surface area contributed by atoms with E-state index in [2.05, 4.69) is 15.3 Å². The van der Waals surface area contributed by atoms with Gasteiger partial charge in [0.1, 0.15) is 5.82 Å². The van der Waals surface area contributed by atoms with Crippen molar-refractivity contribution in [2.24, 2.45) is 0 Å². The van der Waals surface area contributed by atoms with Crippen LogP contribution in [0.25, 0.3) is 10.9 Å². The average Bonchev–Trinajstić information content (AvgIpc) is 2.89. The van der Waals surface area contributed by atoms with Crippen molar-refractivity contribution in [2.45, 2.75) is 46.1 Å². The quantitative estimate of drug-likeness (QED) is 0.134. The van der Waals surface area contributed by atoms with Gasteiger partial charge in [0.2, 0.25) is 19.5 Å². The molecule has 3 aromatic rings. The van der Waals surface area contributed by atoms with E-state index in [0.29, 0.717) is 28.2 Å². The highest BCUT2D eigenvalue weighted by Crippen LogP contribution is 2.52. The number of halogens is 1. The first-order valence-electron chi connectivity index (χ1n) is 12.4. The summed E-state index contributed by atoms with van der Waals surface area (Å²) in [5.74, 6) is -0.336. The lowest BCUT2D eigenvalue weighted by Gasteiger charge is -2.19. The molecule has 0 radical (unpaired) electrons. The molecule has 0 atom stereocenters. The fourth-order valence-electron chi connectivity index (χ4n) is 3.25. The van der Waals surface area contributed by atoms with Gasteiger partial charge >= 0.3 is 19.9 Å². The van der Waals surface area contributed by atoms with Gasteiger partial charge in [0.05, 0.1) is 36.7 Å². The van der Waals surface area contributed by atoms with Gasteiger partial charge in [-0.05, 0) is 51.5 Å². The SMILES string of the molecule is COc1cc2nccc(Nc3ccc(CP(=O)(OCOC(=O)OC(C)C)OCOC(=O)OC(C)C)c(F)c3)c2cn1. The molecular weight excluding hydrogens is 564 g/mol. The van der Waals surface area contributed by atoms with E-state index in [0.717, 1.165) is 0 Å². The second-order valence-corrected chi connectivity index (χ2v) is 11.0. The average molecular weight is 596 g/mol. The van der Waals surface area contributed by atoms with E-state index in [9.17, 15) is 14.2 Å². The number of pyridine rings is 2. The number of nitrogens with one attached hydrogen (secondary N) is 1. The molecule has 0 saturated heterocycles. The summed E-state index contributed by atoms with van der Waals surface area (Å²) in [7, 11) is -2.73. The molecule has 1 aromatic carbocycles. The van der Waals surface area contributed by atoms with Crippen LogP contribution in [0.3, 0.4) is 0 Å². The molecule has 41 heavy (non-hydrogen) atoms. The monoisotopic (exact) mass is 595 g/mol. The van der Waals surface area contributed by atoms with Gasteiger partial charge in [-0.3, -0.25) is 18.6 Å². The Morgan fingerprint density at radius 1 is 0.951 bits per heavy atom. The Bertz CT molecular complexity index is 1370. The molecule has 0 fully saturated rings. The molecule has 0 aliphatic heterocycles. The Kier molecular flexibility index (Phi) is 11.2. The standard InChI is InChI=1S/C26H31FN3O10P/c1-16(2)39-25(31)35-14-37-41(33,38-15-36-26(32)40-17(3)4)13-18-6-7-19(10-21(18)27)30-22-8-9-28-23-11-24(34-5)29-12-20(22)23/h6-12,16-17H,13-15H2,1-5H3,(H,28,30). The van der Waals surface area contributed by atoms with Gasteiger partial charge in [-0.25, -0.2) is 19.0 Å². The van der Waals surface area contributed by atoms with Crippen LogP contribution in [0.15, 0.2) is 42.7 Å². The number of rotatable bonds is 13. The highest BCUT2D eigenvalue weighted by atomic mass is 31.2. The van der Waals surface area contributed by atoms with Crippen LogP contribution in [0, 0.1) is 5.82 Å².